The van der Waals surface area contributed by atoms with Gasteiger partial charge in [-0.05, 0) is 51.1 Å². The molecule has 1 N–H and O–H groups in total. The number of anilines is 1. The lowest BCUT2D eigenvalue weighted by molar-refractivity contribution is 0.0529. The second kappa shape index (κ2) is 10.8. The number of morpholine rings is 1. The highest BCUT2D eigenvalue weighted by Gasteiger charge is 2.28. The van der Waals surface area contributed by atoms with Gasteiger partial charge in [0.2, 0.25) is 0 Å². The maximum atomic E-state index is 5.66. The molecule has 2 aliphatic rings. The molecule has 0 aromatic carbocycles. The molecule has 3 rings (SSSR count). The van der Waals surface area contributed by atoms with Gasteiger partial charge in [-0.25, -0.2) is 9.98 Å². The number of likely N-dealkylation sites (N-methyl/N-ethyl adjacent to an activating group) is 1. The second-order valence-corrected chi connectivity index (χ2v) is 7.93. The Bertz CT molecular complexity index is 662. The Morgan fingerprint density at radius 3 is 2.83 bits per heavy atom. The Kier molecular flexibility index (Phi) is 8.12. The van der Waals surface area contributed by atoms with E-state index < -0.39 is 0 Å². The Labute approximate surface area is 176 Å². The number of nitrogens with one attached hydrogen (secondary N) is 1. The molecule has 0 radical (unpaired) electrons. The molecule has 162 valence electrons. The van der Waals surface area contributed by atoms with E-state index in [0.29, 0.717) is 12.6 Å². The van der Waals surface area contributed by atoms with Crippen LogP contribution >= 0.6 is 0 Å². The van der Waals surface area contributed by atoms with Crippen LogP contribution in [0.5, 0.6) is 0 Å². The molecular weight excluding hydrogens is 364 g/mol. The predicted octanol–water partition coefficient (Wildman–Crippen LogP) is 2.19. The molecule has 3 heterocycles. The van der Waals surface area contributed by atoms with E-state index in [2.05, 4.69) is 64.8 Å². The maximum absolute atomic E-state index is 5.66. The maximum Gasteiger partial charge on any atom is 0.194 e. The highest BCUT2D eigenvalue weighted by Crippen LogP contribution is 2.18. The van der Waals surface area contributed by atoms with Gasteiger partial charge in [-0.1, -0.05) is 13.8 Å². The monoisotopic (exact) mass is 402 g/mol. The van der Waals surface area contributed by atoms with Gasteiger partial charge in [0, 0.05) is 45.0 Å². The Hall–Kier alpha value is -1.86. The first-order valence-electron chi connectivity index (χ1n) is 11.2. The Morgan fingerprint density at radius 2 is 2.10 bits per heavy atom. The number of nitrogens with zero attached hydrogens (tertiary/aromatic N) is 5. The molecule has 0 saturated carbocycles. The van der Waals surface area contributed by atoms with E-state index in [0.717, 1.165) is 64.2 Å². The molecule has 0 bridgehead atoms. The fourth-order valence-corrected chi connectivity index (χ4v) is 4.32. The molecule has 0 spiro atoms. The fourth-order valence-electron chi connectivity index (χ4n) is 4.32. The van der Waals surface area contributed by atoms with Gasteiger partial charge in [-0.2, -0.15) is 0 Å². The Morgan fingerprint density at radius 1 is 1.28 bits per heavy atom. The van der Waals surface area contributed by atoms with Gasteiger partial charge in [0.25, 0.3) is 0 Å². The average Bonchev–Trinajstić information content (AvgIpc) is 3.22. The van der Waals surface area contributed by atoms with Crippen LogP contribution < -0.4 is 10.2 Å². The molecule has 7 nitrogen and oxygen atoms in total. The number of ether oxygens (including phenoxy) is 1. The molecule has 2 atom stereocenters. The molecular formula is C22H38N6O. The van der Waals surface area contributed by atoms with Crippen LogP contribution in [0.15, 0.2) is 23.3 Å². The van der Waals surface area contributed by atoms with Crippen molar-refractivity contribution in [2.24, 2.45) is 4.99 Å². The van der Waals surface area contributed by atoms with Crippen LogP contribution in [0.2, 0.25) is 0 Å². The van der Waals surface area contributed by atoms with Gasteiger partial charge in [0.1, 0.15) is 5.82 Å². The summed E-state index contributed by atoms with van der Waals surface area (Å²) in [6, 6.07) is 4.88. The Balaban J connectivity index is 1.65. The van der Waals surface area contributed by atoms with E-state index in [1.165, 1.54) is 12.0 Å². The lowest BCUT2D eigenvalue weighted by atomic mass is 10.2. The number of pyridine rings is 1. The number of hydrogen-bond donors (Lipinski definition) is 1. The lowest BCUT2D eigenvalue weighted by Crippen LogP contribution is -2.43. The van der Waals surface area contributed by atoms with Gasteiger partial charge in [0.05, 0.1) is 19.3 Å². The molecule has 2 saturated heterocycles. The van der Waals surface area contributed by atoms with E-state index in [-0.39, 0.29) is 6.10 Å². The van der Waals surface area contributed by atoms with Crippen molar-refractivity contribution in [3.05, 3.63) is 23.9 Å². The minimum atomic E-state index is 0.251. The smallest absolute Gasteiger partial charge is 0.194 e. The zero-order chi connectivity index (χ0) is 20.6. The van der Waals surface area contributed by atoms with Crippen molar-refractivity contribution in [1.82, 2.24) is 20.1 Å². The first kappa shape index (κ1) is 21.8. The summed E-state index contributed by atoms with van der Waals surface area (Å²) in [7, 11) is 0. The highest BCUT2D eigenvalue weighted by molar-refractivity contribution is 5.80. The summed E-state index contributed by atoms with van der Waals surface area (Å²) in [5.74, 6) is 2.06. The topological polar surface area (TPSA) is 56.2 Å². The summed E-state index contributed by atoms with van der Waals surface area (Å²) >= 11 is 0. The van der Waals surface area contributed by atoms with Crippen LogP contribution in [0.4, 0.5) is 5.82 Å². The van der Waals surface area contributed by atoms with Crippen molar-refractivity contribution < 1.29 is 4.74 Å². The number of likely N-dealkylation sites (tertiary alicyclic amines) is 1. The molecule has 2 fully saturated rings. The van der Waals surface area contributed by atoms with Crippen molar-refractivity contribution in [2.75, 3.05) is 57.3 Å². The van der Waals surface area contributed by atoms with E-state index in [4.69, 9.17) is 9.73 Å². The molecule has 1 aromatic rings. The van der Waals surface area contributed by atoms with Crippen molar-refractivity contribution in [1.29, 1.82) is 0 Å². The van der Waals surface area contributed by atoms with E-state index in [9.17, 15) is 0 Å². The van der Waals surface area contributed by atoms with Crippen molar-refractivity contribution in [2.45, 2.75) is 52.8 Å². The second-order valence-electron chi connectivity index (χ2n) is 7.93. The zero-order valence-electron chi connectivity index (χ0n) is 18.6. The predicted molar refractivity (Wildman–Crippen MR) is 120 cm³/mol. The van der Waals surface area contributed by atoms with Gasteiger partial charge in [-0.3, -0.25) is 4.90 Å². The van der Waals surface area contributed by atoms with E-state index in [1.807, 2.05) is 6.20 Å². The third-order valence-electron chi connectivity index (χ3n) is 5.91. The largest absolute Gasteiger partial charge is 0.375 e. The van der Waals surface area contributed by atoms with Crippen LogP contribution in [-0.4, -0.2) is 85.3 Å². The standard InChI is InChI=1S/C22H38N6O/c1-5-23-22(28-11-9-20(17-28)26(6-2)7-3)25-15-19-8-10-24-21(14-19)27-12-13-29-18(4)16-27/h8,10,14,18,20H,5-7,9,11-13,15-17H2,1-4H3,(H,23,25). The third kappa shape index (κ3) is 5.82. The summed E-state index contributed by atoms with van der Waals surface area (Å²) in [5, 5.41) is 3.49. The number of aliphatic imine (C=N–C) groups is 1. The van der Waals surface area contributed by atoms with Crippen LogP contribution in [0, 0.1) is 0 Å². The van der Waals surface area contributed by atoms with Crippen LogP contribution in [0.1, 0.15) is 39.7 Å². The highest BCUT2D eigenvalue weighted by atomic mass is 16.5. The zero-order valence-corrected chi connectivity index (χ0v) is 18.6. The van der Waals surface area contributed by atoms with E-state index >= 15 is 0 Å². The minimum absolute atomic E-state index is 0.251. The first-order chi connectivity index (χ1) is 14.1. The van der Waals surface area contributed by atoms with Crippen LogP contribution in [0.3, 0.4) is 0 Å². The van der Waals surface area contributed by atoms with Gasteiger partial charge in [0.15, 0.2) is 5.96 Å². The lowest BCUT2D eigenvalue weighted by Gasteiger charge is -2.32. The molecule has 29 heavy (non-hydrogen) atoms. The normalized spacial score (nSPS) is 23.1. The SMILES string of the molecule is CCNC(=NCc1ccnc(N2CCOC(C)C2)c1)N1CCC(N(CC)CC)C1. The van der Waals surface area contributed by atoms with Crippen molar-refractivity contribution >= 4 is 11.8 Å². The number of rotatable bonds is 7. The fraction of sp³-hybridized carbons (Fsp3) is 0.727. The number of aromatic nitrogens is 1. The van der Waals surface area contributed by atoms with Gasteiger partial charge < -0.3 is 19.9 Å². The first-order valence-corrected chi connectivity index (χ1v) is 11.2. The minimum Gasteiger partial charge on any atom is -0.375 e. The van der Waals surface area contributed by atoms with Crippen molar-refractivity contribution in [3.8, 4) is 0 Å². The number of guanidine groups is 1. The summed E-state index contributed by atoms with van der Waals surface area (Å²) in [6.45, 7) is 17.2. The number of hydrogen-bond acceptors (Lipinski definition) is 5. The molecule has 2 aliphatic heterocycles. The molecule has 2 unspecified atom stereocenters. The quantitative estimate of drug-likeness (QED) is 0.557. The van der Waals surface area contributed by atoms with Gasteiger partial charge in [-0.15, -0.1) is 0 Å². The summed E-state index contributed by atoms with van der Waals surface area (Å²) in [5.41, 5.74) is 1.20. The summed E-state index contributed by atoms with van der Waals surface area (Å²) in [6.07, 6.45) is 3.36. The summed E-state index contributed by atoms with van der Waals surface area (Å²) in [4.78, 5) is 16.8. The van der Waals surface area contributed by atoms with E-state index in [1.54, 1.807) is 0 Å². The van der Waals surface area contributed by atoms with Crippen LogP contribution in [-0.2, 0) is 11.3 Å². The average molecular weight is 403 g/mol. The molecule has 7 heteroatoms. The molecule has 0 amide bonds. The third-order valence-corrected chi connectivity index (χ3v) is 5.91. The summed E-state index contributed by atoms with van der Waals surface area (Å²) < 4.78 is 5.66. The molecule has 0 aliphatic carbocycles. The van der Waals surface area contributed by atoms with Gasteiger partial charge >= 0.3 is 0 Å². The molecule has 1 aromatic heterocycles. The van der Waals surface area contributed by atoms with Crippen LogP contribution in [0.25, 0.3) is 0 Å². The van der Waals surface area contributed by atoms with Crippen molar-refractivity contribution in [3.63, 3.8) is 0 Å².